The van der Waals surface area contributed by atoms with Gasteiger partial charge in [0.05, 0.1) is 0 Å². The summed E-state index contributed by atoms with van der Waals surface area (Å²) in [5.41, 5.74) is 0. The molecule has 0 saturated heterocycles. The molecule has 8 nitrogen and oxygen atoms in total. The van der Waals surface area contributed by atoms with Crippen LogP contribution in [0.3, 0.4) is 0 Å². The van der Waals surface area contributed by atoms with E-state index in [1.54, 1.807) is 0 Å². The van der Waals surface area contributed by atoms with Crippen LogP contribution in [-0.4, -0.2) is 64.2 Å². The molecule has 0 bridgehead atoms. The third-order valence-corrected chi connectivity index (χ3v) is 6.73. The Balaban J connectivity index is 4.31. The van der Waals surface area contributed by atoms with E-state index in [-0.39, 0.29) is 38.0 Å². The standard InChI is InChI=1S/C33H64O8/c1-5-9-13-17-24-36-32(37-25-18-14-10-6-2)28-40-30(34)22-21-23-31(35)41-29-33(38-26-19-15-11-7-3)39-27-20-16-12-8-4/h32-33H,5-29H2,1-4H3. The van der Waals surface area contributed by atoms with Crippen LogP contribution in [0.4, 0.5) is 0 Å². The van der Waals surface area contributed by atoms with Crippen molar-refractivity contribution in [2.75, 3.05) is 39.6 Å². The summed E-state index contributed by atoms with van der Waals surface area (Å²) >= 11 is 0. The molecule has 8 heteroatoms. The molecule has 41 heavy (non-hydrogen) atoms. The summed E-state index contributed by atoms with van der Waals surface area (Å²) in [7, 11) is 0. The molecule has 0 aromatic rings. The zero-order valence-electron chi connectivity index (χ0n) is 27.1. The third kappa shape index (κ3) is 28.7. The second-order valence-corrected chi connectivity index (χ2v) is 10.8. The average molecular weight is 589 g/mol. The number of hydrogen-bond acceptors (Lipinski definition) is 8. The van der Waals surface area contributed by atoms with Crippen molar-refractivity contribution in [2.24, 2.45) is 0 Å². The van der Waals surface area contributed by atoms with E-state index in [1.807, 2.05) is 0 Å². The van der Waals surface area contributed by atoms with Gasteiger partial charge >= 0.3 is 11.9 Å². The van der Waals surface area contributed by atoms with Gasteiger partial charge in [0.25, 0.3) is 0 Å². The lowest BCUT2D eigenvalue weighted by Crippen LogP contribution is -2.27. The van der Waals surface area contributed by atoms with Crippen LogP contribution in [0.2, 0.25) is 0 Å². The number of ether oxygens (including phenoxy) is 6. The van der Waals surface area contributed by atoms with Gasteiger partial charge < -0.3 is 28.4 Å². The predicted octanol–water partition coefficient (Wildman–Crippen LogP) is 8.28. The lowest BCUT2D eigenvalue weighted by atomic mass is 10.2. The Morgan fingerprint density at radius 3 is 0.976 bits per heavy atom. The zero-order chi connectivity index (χ0) is 30.2. The number of carbonyl (C=O) groups excluding carboxylic acids is 2. The molecular weight excluding hydrogens is 524 g/mol. The van der Waals surface area contributed by atoms with E-state index in [0.717, 1.165) is 51.4 Å². The first-order chi connectivity index (χ1) is 20.1. The van der Waals surface area contributed by atoms with E-state index in [2.05, 4.69) is 27.7 Å². The van der Waals surface area contributed by atoms with Gasteiger partial charge in [0.2, 0.25) is 0 Å². The van der Waals surface area contributed by atoms with Crippen molar-refractivity contribution in [1.29, 1.82) is 0 Å². The van der Waals surface area contributed by atoms with Crippen molar-refractivity contribution in [2.45, 2.75) is 162 Å². The Kier molecular flexibility index (Phi) is 30.8. The number of esters is 2. The minimum absolute atomic E-state index is 0.0672. The Bertz CT molecular complexity index is 495. The highest BCUT2D eigenvalue weighted by Gasteiger charge is 2.16. The second-order valence-electron chi connectivity index (χ2n) is 10.8. The maximum absolute atomic E-state index is 12.3. The summed E-state index contributed by atoms with van der Waals surface area (Å²) < 4.78 is 34.2. The van der Waals surface area contributed by atoms with Crippen LogP contribution in [0.15, 0.2) is 0 Å². The summed E-state index contributed by atoms with van der Waals surface area (Å²) in [5.74, 6) is -0.730. The van der Waals surface area contributed by atoms with Crippen molar-refractivity contribution < 1.29 is 38.0 Å². The lowest BCUT2D eigenvalue weighted by molar-refractivity contribution is -0.184. The molecule has 0 atom stereocenters. The fourth-order valence-electron chi connectivity index (χ4n) is 4.11. The quantitative estimate of drug-likeness (QED) is 0.0440. The lowest BCUT2D eigenvalue weighted by Gasteiger charge is -2.19. The van der Waals surface area contributed by atoms with Gasteiger partial charge in [0.1, 0.15) is 13.2 Å². The summed E-state index contributed by atoms with van der Waals surface area (Å²) in [5, 5.41) is 0. The first-order valence-corrected chi connectivity index (χ1v) is 16.8. The third-order valence-electron chi connectivity index (χ3n) is 6.73. The van der Waals surface area contributed by atoms with Crippen molar-refractivity contribution >= 4 is 11.9 Å². The summed E-state index contributed by atoms with van der Waals surface area (Å²) in [6, 6.07) is 0. The molecule has 0 rings (SSSR count). The zero-order valence-corrected chi connectivity index (χ0v) is 27.1. The Hall–Kier alpha value is -1.22. The van der Waals surface area contributed by atoms with Gasteiger partial charge in [0, 0.05) is 39.3 Å². The normalized spacial score (nSPS) is 11.5. The van der Waals surface area contributed by atoms with Crippen LogP contribution in [0.1, 0.15) is 150 Å². The first kappa shape index (κ1) is 39.8. The van der Waals surface area contributed by atoms with Crippen LogP contribution in [0.25, 0.3) is 0 Å². The summed E-state index contributed by atoms with van der Waals surface area (Å²) in [6.45, 7) is 11.2. The highest BCUT2D eigenvalue weighted by Crippen LogP contribution is 2.09. The second kappa shape index (κ2) is 31.7. The van der Waals surface area contributed by atoms with E-state index in [0.29, 0.717) is 32.8 Å². The molecular formula is C33H64O8. The molecule has 0 N–H and O–H groups in total. The highest BCUT2D eigenvalue weighted by molar-refractivity contribution is 5.72. The molecule has 0 spiro atoms. The molecule has 0 heterocycles. The molecule has 0 amide bonds. The van der Waals surface area contributed by atoms with Gasteiger partial charge in [-0.2, -0.15) is 0 Å². The summed E-state index contributed by atoms with van der Waals surface area (Å²) in [6.07, 6.45) is 17.3. The number of rotatable bonds is 32. The largest absolute Gasteiger partial charge is 0.460 e. The van der Waals surface area contributed by atoms with Crippen LogP contribution in [-0.2, 0) is 38.0 Å². The van der Waals surface area contributed by atoms with Gasteiger partial charge in [-0.05, 0) is 32.1 Å². The van der Waals surface area contributed by atoms with Gasteiger partial charge in [-0.1, -0.05) is 105 Å². The molecule has 244 valence electrons. The molecule has 0 aliphatic heterocycles. The maximum atomic E-state index is 12.3. The van der Waals surface area contributed by atoms with E-state index in [9.17, 15) is 9.59 Å². The Labute approximate surface area is 251 Å². The van der Waals surface area contributed by atoms with Crippen LogP contribution < -0.4 is 0 Å². The van der Waals surface area contributed by atoms with Gasteiger partial charge in [0.15, 0.2) is 12.6 Å². The van der Waals surface area contributed by atoms with Crippen molar-refractivity contribution in [1.82, 2.24) is 0 Å². The molecule has 0 saturated carbocycles. The predicted molar refractivity (Wildman–Crippen MR) is 164 cm³/mol. The monoisotopic (exact) mass is 588 g/mol. The Morgan fingerprint density at radius 1 is 0.415 bits per heavy atom. The molecule has 0 unspecified atom stereocenters. The van der Waals surface area contributed by atoms with Gasteiger partial charge in [-0.15, -0.1) is 0 Å². The smallest absolute Gasteiger partial charge is 0.305 e. The topological polar surface area (TPSA) is 89.5 Å². The SMILES string of the molecule is CCCCCCOC(COC(=O)CCCC(=O)OCC(OCCCCCC)OCCCCCC)OCCCCCC. The highest BCUT2D eigenvalue weighted by atomic mass is 16.7. The van der Waals surface area contributed by atoms with Crippen LogP contribution in [0, 0.1) is 0 Å². The fourth-order valence-corrected chi connectivity index (χ4v) is 4.11. The average Bonchev–Trinajstić information content (AvgIpc) is 2.97. The van der Waals surface area contributed by atoms with Gasteiger partial charge in [-0.3, -0.25) is 9.59 Å². The van der Waals surface area contributed by atoms with Gasteiger partial charge in [-0.25, -0.2) is 0 Å². The number of hydrogen-bond donors (Lipinski definition) is 0. The minimum atomic E-state index is -0.548. The molecule has 0 radical (unpaired) electrons. The minimum Gasteiger partial charge on any atom is -0.460 e. The van der Waals surface area contributed by atoms with Crippen molar-refractivity contribution in [3.05, 3.63) is 0 Å². The molecule has 0 aliphatic rings. The van der Waals surface area contributed by atoms with Crippen LogP contribution >= 0.6 is 0 Å². The van der Waals surface area contributed by atoms with Crippen LogP contribution in [0.5, 0.6) is 0 Å². The van der Waals surface area contributed by atoms with E-state index in [1.165, 1.54) is 51.4 Å². The van der Waals surface area contributed by atoms with Crippen molar-refractivity contribution in [3.8, 4) is 0 Å². The molecule has 0 aromatic heterocycles. The first-order valence-electron chi connectivity index (χ1n) is 16.8. The van der Waals surface area contributed by atoms with E-state index in [4.69, 9.17) is 28.4 Å². The molecule has 0 aromatic carbocycles. The number of unbranched alkanes of at least 4 members (excludes halogenated alkanes) is 12. The maximum Gasteiger partial charge on any atom is 0.305 e. The van der Waals surface area contributed by atoms with Crippen molar-refractivity contribution in [3.63, 3.8) is 0 Å². The molecule has 0 aliphatic carbocycles. The molecule has 0 fully saturated rings. The number of carbonyl (C=O) groups is 2. The van der Waals surface area contributed by atoms with E-state index >= 15 is 0 Å². The Morgan fingerprint density at radius 2 is 0.707 bits per heavy atom. The fraction of sp³-hybridized carbons (Fsp3) is 0.939. The summed E-state index contributed by atoms with van der Waals surface area (Å²) in [4.78, 5) is 24.6. The van der Waals surface area contributed by atoms with E-state index < -0.39 is 12.6 Å².